The fourth-order valence-corrected chi connectivity index (χ4v) is 1.75. The minimum Gasteiger partial charge on any atom is -0.445 e. The lowest BCUT2D eigenvalue weighted by Crippen LogP contribution is -2.33. The Morgan fingerprint density at radius 3 is 2.29 bits per heavy atom. The van der Waals surface area contributed by atoms with Crippen LogP contribution in [0.1, 0.15) is 37.3 Å². The number of oxazole rings is 1. The summed E-state index contributed by atoms with van der Waals surface area (Å²) in [4.78, 5) is 3.49. The highest BCUT2D eigenvalue weighted by Gasteiger charge is 2.59. The molecule has 0 aromatic carbocycles. The van der Waals surface area contributed by atoms with E-state index in [4.69, 9.17) is 0 Å². The molecule has 1 rings (SSSR count). The van der Waals surface area contributed by atoms with Gasteiger partial charge >= 0.3 is 12.4 Å². The summed E-state index contributed by atoms with van der Waals surface area (Å²) in [5.41, 5.74) is 0. The van der Waals surface area contributed by atoms with Gasteiger partial charge in [-0.3, -0.25) is 0 Å². The van der Waals surface area contributed by atoms with Gasteiger partial charge in [-0.1, -0.05) is 6.92 Å². The molecule has 1 aromatic heterocycles. The van der Waals surface area contributed by atoms with Crippen LogP contribution in [-0.2, 0) is 6.42 Å². The van der Waals surface area contributed by atoms with Gasteiger partial charge in [-0.25, -0.2) is 4.98 Å². The second-order valence-electron chi connectivity index (χ2n) is 4.53. The number of rotatable bonds is 7. The van der Waals surface area contributed by atoms with Gasteiger partial charge in [-0.15, -0.1) is 0 Å². The van der Waals surface area contributed by atoms with Gasteiger partial charge in [0.25, 0.3) is 0 Å². The third-order valence-electron chi connectivity index (χ3n) is 2.68. The molecule has 1 aromatic rings. The topological polar surface area (TPSA) is 38.1 Å². The molecule has 0 saturated carbocycles. The summed E-state index contributed by atoms with van der Waals surface area (Å²) >= 11 is 0. The van der Waals surface area contributed by atoms with E-state index >= 15 is 0 Å². The van der Waals surface area contributed by atoms with Gasteiger partial charge in [0.15, 0.2) is 5.89 Å². The number of hydrogen-bond acceptors (Lipinski definition) is 3. The molecule has 1 N–H and O–H groups in total. The van der Waals surface area contributed by atoms with Crippen LogP contribution in [-0.4, -0.2) is 30.4 Å². The Bertz CT molecular complexity index is 412. The van der Waals surface area contributed by atoms with Gasteiger partial charge in [0.2, 0.25) is 5.92 Å². The van der Waals surface area contributed by atoms with Crippen molar-refractivity contribution < 1.29 is 30.8 Å². The van der Waals surface area contributed by atoms with Crippen LogP contribution in [0.4, 0.5) is 26.3 Å². The van der Waals surface area contributed by atoms with E-state index in [1.807, 2.05) is 6.92 Å². The number of alkyl halides is 6. The van der Waals surface area contributed by atoms with Gasteiger partial charge in [0.05, 0.1) is 6.20 Å². The van der Waals surface area contributed by atoms with E-state index in [0.717, 1.165) is 13.0 Å². The average molecular weight is 318 g/mol. The maximum Gasteiger partial charge on any atom is 0.407 e. The minimum atomic E-state index is -5.46. The lowest BCUT2D eigenvalue weighted by atomic mass is 10.1. The fourth-order valence-electron chi connectivity index (χ4n) is 1.75. The van der Waals surface area contributed by atoms with Gasteiger partial charge in [0, 0.05) is 6.42 Å². The number of aromatic nitrogens is 1. The van der Waals surface area contributed by atoms with Crippen molar-refractivity contribution >= 4 is 0 Å². The zero-order valence-electron chi connectivity index (χ0n) is 11.3. The first kappa shape index (κ1) is 17.8. The van der Waals surface area contributed by atoms with Crippen LogP contribution in [0.25, 0.3) is 0 Å². The molecule has 9 heteroatoms. The lowest BCUT2D eigenvalue weighted by Gasteiger charge is -2.20. The normalized spacial score (nSPS) is 13.1. The van der Waals surface area contributed by atoms with E-state index in [-0.39, 0.29) is 12.3 Å². The van der Waals surface area contributed by atoms with E-state index in [1.165, 1.54) is 0 Å². The zero-order valence-corrected chi connectivity index (χ0v) is 11.3. The molecule has 0 bridgehead atoms. The zero-order chi connectivity index (χ0) is 16.1. The Kier molecular flexibility index (Phi) is 6.06. The highest BCUT2D eigenvalue weighted by molar-refractivity contribution is 5.08. The number of aryl methyl sites for hydroxylation is 1. The van der Waals surface area contributed by atoms with E-state index in [1.54, 1.807) is 0 Å². The molecule has 0 spiro atoms. The largest absolute Gasteiger partial charge is 0.445 e. The second kappa shape index (κ2) is 7.15. The molecule has 3 nitrogen and oxygen atoms in total. The average Bonchev–Trinajstić information content (AvgIpc) is 2.73. The predicted molar refractivity (Wildman–Crippen MR) is 62.8 cm³/mol. The minimum absolute atomic E-state index is 0.123. The standard InChI is InChI=1S/C12H16F6N2O/c1-2-5-19-6-3-4-9-20-7-8(21-9)10(11(13,14)15)12(16,17)18/h7,10,19H,2-6H2,1H3. The van der Waals surface area contributed by atoms with E-state index in [0.29, 0.717) is 19.2 Å². The summed E-state index contributed by atoms with van der Waals surface area (Å²) in [7, 11) is 0. The Balaban J connectivity index is 2.68. The molecule has 0 unspecified atom stereocenters. The monoisotopic (exact) mass is 318 g/mol. The molecule has 122 valence electrons. The Morgan fingerprint density at radius 1 is 1.14 bits per heavy atom. The van der Waals surface area contributed by atoms with Crippen LogP contribution < -0.4 is 5.32 Å². The van der Waals surface area contributed by atoms with Crippen molar-refractivity contribution in [1.29, 1.82) is 0 Å². The van der Waals surface area contributed by atoms with Crippen molar-refractivity contribution in [2.75, 3.05) is 13.1 Å². The summed E-state index contributed by atoms with van der Waals surface area (Å²) in [5.74, 6) is -4.97. The second-order valence-corrected chi connectivity index (χ2v) is 4.53. The van der Waals surface area contributed by atoms with E-state index < -0.39 is 24.0 Å². The molecule has 0 fully saturated rings. The highest BCUT2D eigenvalue weighted by atomic mass is 19.4. The maximum absolute atomic E-state index is 12.5. The van der Waals surface area contributed by atoms with Crippen molar-refractivity contribution in [1.82, 2.24) is 10.3 Å². The molecule has 1 heterocycles. The van der Waals surface area contributed by atoms with Crippen molar-refractivity contribution in [3.63, 3.8) is 0 Å². The van der Waals surface area contributed by atoms with Crippen LogP contribution in [0.2, 0.25) is 0 Å². The quantitative estimate of drug-likeness (QED) is 0.613. The van der Waals surface area contributed by atoms with Crippen LogP contribution in [0.5, 0.6) is 0 Å². The number of nitrogens with zero attached hydrogens (tertiary/aromatic N) is 1. The van der Waals surface area contributed by atoms with E-state index in [9.17, 15) is 26.3 Å². The third-order valence-corrected chi connectivity index (χ3v) is 2.68. The summed E-state index contributed by atoms with van der Waals surface area (Å²) in [6.45, 7) is 3.36. The Morgan fingerprint density at radius 2 is 1.76 bits per heavy atom. The van der Waals surface area contributed by atoms with Gasteiger partial charge in [-0.2, -0.15) is 26.3 Å². The lowest BCUT2D eigenvalue weighted by molar-refractivity contribution is -0.257. The molecule has 0 radical (unpaired) electrons. The van der Waals surface area contributed by atoms with Crippen LogP contribution in [0.15, 0.2) is 10.6 Å². The van der Waals surface area contributed by atoms with Crippen molar-refractivity contribution in [3.05, 3.63) is 17.8 Å². The van der Waals surface area contributed by atoms with Crippen LogP contribution in [0, 0.1) is 0 Å². The van der Waals surface area contributed by atoms with Crippen molar-refractivity contribution in [3.8, 4) is 0 Å². The SMILES string of the molecule is CCCNCCCc1ncc(C(C(F)(F)F)C(F)(F)F)o1. The number of hydrogen-bond donors (Lipinski definition) is 1. The summed E-state index contributed by atoms with van der Waals surface area (Å²) < 4.78 is 79.5. The molecular weight excluding hydrogens is 302 g/mol. The van der Waals surface area contributed by atoms with Gasteiger partial charge in [-0.05, 0) is 25.9 Å². The molecule has 0 aliphatic heterocycles. The highest BCUT2D eigenvalue weighted by Crippen LogP contribution is 2.46. The molecule has 0 aliphatic carbocycles. The molecular formula is C12H16F6N2O. The number of nitrogens with one attached hydrogen (secondary N) is 1. The first-order valence-electron chi connectivity index (χ1n) is 6.45. The summed E-state index contributed by atoms with van der Waals surface area (Å²) in [6, 6.07) is 0. The van der Waals surface area contributed by atoms with Gasteiger partial charge in [0.1, 0.15) is 5.76 Å². The van der Waals surface area contributed by atoms with Crippen molar-refractivity contribution in [2.45, 2.75) is 44.5 Å². The summed E-state index contributed by atoms with van der Waals surface area (Å²) in [6.07, 6.45) is -8.79. The van der Waals surface area contributed by atoms with Crippen LogP contribution >= 0.6 is 0 Å². The van der Waals surface area contributed by atoms with Gasteiger partial charge < -0.3 is 9.73 Å². The smallest absolute Gasteiger partial charge is 0.407 e. The molecule has 0 atom stereocenters. The molecule has 0 aliphatic rings. The number of halogens is 6. The first-order chi connectivity index (χ1) is 9.66. The Hall–Kier alpha value is -1.25. The molecule has 0 saturated heterocycles. The first-order valence-corrected chi connectivity index (χ1v) is 6.45. The molecule has 0 amide bonds. The third kappa shape index (κ3) is 5.56. The maximum atomic E-state index is 12.5. The Labute approximate surface area is 117 Å². The molecule has 21 heavy (non-hydrogen) atoms. The summed E-state index contributed by atoms with van der Waals surface area (Å²) in [5, 5.41) is 3.05. The fraction of sp³-hybridized carbons (Fsp3) is 0.750. The van der Waals surface area contributed by atoms with Crippen molar-refractivity contribution in [2.24, 2.45) is 0 Å². The van der Waals surface area contributed by atoms with Crippen LogP contribution in [0.3, 0.4) is 0 Å². The van der Waals surface area contributed by atoms with E-state index in [2.05, 4.69) is 14.7 Å². The predicted octanol–water partition coefficient (Wildman–Crippen LogP) is 3.82.